The molecule has 0 radical (unpaired) electrons. The maximum Gasteiger partial charge on any atom is 0.376 e. The fourth-order valence-electron chi connectivity index (χ4n) is 1.53. The molecule has 0 unspecified atom stereocenters. The van der Waals surface area contributed by atoms with E-state index in [4.69, 9.17) is 10.00 Å². The first-order valence-corrected chi connectivity index (χ1v) is 5.97. The number of hydrogen-bond donors (Lipinski definition) is 0. The van der Waals surface area contributed by atoms with E-state index in [1.807, 2.05) is 13.0 Å². The number of benzene rings is 1. The van der Waals surface area contributed by atoms with Crippen LogP contribution in [0, 0.1) is 11.3 Å². The van der Waals surface area contributed by atoms with E-state index in [1.54, 1.807) is 31.2 Å². The van der Waals surface area contributed by atoms with Crippen LogP contribution in [0.2, 0.25) is 0 Å². The van der Waals surface area contributed by atoms with Gasteiger partial charge in [-0.2, -0.15) is 5.26 Å². The van der Waals surface area contributed by atoms with E-state index in [1.165, 1.54) is 0 Å². The van der Waals surface area contributed by atoms with Crippen LogP contribution in [0.25, 0.3) is 0 Å². The molecule has 0 saturated carbocycles. The summed E-state index contributed by atoms with van der Waals surface area (Å²) in [5.74, 6) is -2.34. The summed E-state index contributed by atoms with van der Waals surface area (Å²) < 4.78 is 9.87. The molecule has 100 valence electrons. The number of carbonyl (C=O) groups excluding carboxylic acids is 2. The van der Waals surface area contributed by atoms with Crippen LogP contribution in [-0.2, 0) is 14.3 Å². The molecule has 0 spiro atoms. The van der Waals surface area contributed by atoms with E-state index in [2.05, 4.69) is 4.74 Å². The minimum atomic E-state index is -1.14. The summed E-state index contributed by atoms with van der Waals surface area (Å²) in [6, 6.07) is 8.31. The zero-order valence-electron chi connectivity index (χ0n) is 10.9. The van der Waals surface area contributed by atoms with Crippen LogP contribution in [-0.4, -0.2) is 25.0 Å². The van der Waals surface area contributed by atoms with Gasteiger partial charge in [0, 0.05) is 0 Å². The molecule has 0 N–H and O–H groups in total. The zero-order chi connectivity index (χ0) is 14.3. The average Bonchev–Trinajstić information content (AvgIpc) is 2.42. The number of Topliss-reactive ketones (excluding diaryl/α,β-unsaturated/α-hetero) is 1. The minimum absolute atomic E-state index is 0.103. The molecule has 0 fully saturated rings. The summed E-state index contributed by atoms with van der Waals surface area (Å²) in [6.07, 6.45) is 0. The van der Waals surface area contributed by atoms with E-state index < -0.39 is 17.7 Å². The molecule has 5 nitrogen and oxygen atoms in total. The lowest BCUT2D eigenvalue weighted by Crippen LogP contribution is -2.23. The predicted molar refractivity (Wildman–Crippen MR) is 67.6 cm³/mol. The van der Waals surface area contributed by atoms with Crippen LogP contribution in [0.4, 0.5) is 0 Å². The van der Waals surface area contributed by atoms with E-state index in [-0.39, 0.29) is 6.61 Å². The van der Waals surface area contributed by atoms with Gasteiger partial charge >= 0.3 is 5.97 Å². The second-order valence-electron chi connectivity index (χ2n) is 3.65. The standard InChI is InChI=1S/C14H15NO4/c1-3-18-11-7-5-10(6-8-11)12(9-15)13(16)14(17)19-4-2/h5-8,12H,3-4H2,1-2H3/t12-/m1/s1. The van der Waals surface area contributed by atoms with Crippen molar-refractivity contribution in [2.45, 2.75) is 19.8 Å². The van der Waals surface area contributed by atoms with Gasteiger partial charge in [-0.05, 0) is 31.5 Å². The van der Waals surface area contributed by atoms with Gasteiger partial charge < -0.3 is 9.47 Å². The maximum absolute atomic E-state index is 11.7. The number of nitriles is 1. The third-order valence-electron chi connectivity index (χ3n) is 2.39. The summed E-state index contributed by atoms with van der Waals surface area (Å²) in [4.78, 5) is 23.1. The van der Waals surface area contributed by atoms with Crippen molar-refractivity contribution in [3.05, 3.63) is 29.8 Å². The Bertz CT molecular complexity index is 487. The normalized spacial score (nSPS) is 11.2. The first-order chi connectivity index (χ1) is 9.13. The Kier molecular flexibility index (Phi) is 5.55. The SMILES string of the molecule is CCOC(=O)C(=O)[C@H](C#N)c1ccc(OCC)cc1. The van der Waals surface area contributed by atoms with E-state index in [0.29, 0.717) is 17.9 Å². The van der Waals surface area contributed by atoms with Crippen molar-refractivity contribution >= 4 is 11.8 Å². The predicted octanol–water partition coefficient (Wildman–Crippen LogP) is 1.82. The van der Waals surface area contributed by atoms with Gasteiger partial charge in [-0.15, -0.1) is 0 Å². The Labute approximate surface area is 111 Å². The second-order valence-corrected chi connectivity index (χ2v) is 3.65. The topological polar surface area (TPSA) is 76.4 Å². The third-order valence-corrected chi connectivity index (χ3v) is 2.39. The number of carbonyl (C=O) groups is 2. The molecule has 0 aliphatic rings. The highest BCUT2D eigenvalue weighted by atomic mass is 16.5. The highest BCUT2D eigenvalue weighted by molar-refractivity contribution is 6.36. The van der Waals surface area contributed by atoms with Gasteiger partial charge in [0.2, 0.25) is 0 Å². The fraction of sp³-hybridized carbons (Fsp3) is 0.357. The van der Waals surface area contributed by atoms with Crippen molar-refractivity contribution in [3.8, 4) is 11.8 Å². The number of rotatable bonds is 6. The van der Waals surface area contributed by atoms with Crippen molar-refractivity contribution in [2.24, 2.45) is 0 Å². The lowest BCUT2D eigenvalue weighted by molar-refractivity contribution is -0.153. The number of hydrogen-bond acceptors (Lipinski definition) is 5. The first-order valence-electron chi connectivity index (χ1n) is 5.97. The number of ether oxygens (including phenoxy) is 2. The van der Waals surface area contributed by atoms with Crippen LogP contribution in [0.5, 0.6) is 5.75 Å². The van der Waals surface area contributed by atoms with Gasteiger partial charge in [-0.1, -0.05) is 12.1 Å². The highest BCUT2D eigenvalue weighted by Crippen LogP contribution is 2.20. The van der Waals surface area contributed by atoms with E-state index in [0.717, 1.165) is 0 Å². The molecule has 0 aliphatic heterocycles. The van der Waals surface area contributed by atoms with Crippen LogP contribution >= 0.6 is 0 Å². The highest BCUT2D eigenvalue weighted by Gasteiger charge is 2.27. The van der Waals surface area contributed by atoms with Gasteiger partial charge in [0.25, 0.3) is 5.78 Å². The van der Waals surface area contributed by atoms with Crippen molar-refractivity contribution in [1.29, 1.82) is 5.26 Å². The molecule has 1 atom stereocenters. The van der Waals surface area contributed by atoms with Crippen LogP contribution in [0.1, 0.15) is 25.3 Å². The monoisotopic (exact) mass is 261 g/mol. The van der Waals surface area contributed by atoms with Gasteiger partial charge in [0.05, 0.1) is 19.3 Å². The van der Waals surface area contributed by atoms with Crippen molar-refractivity contribution in [2.75, 3.05) is 13.2 Å². The minimum Gasteiger partial charge on any atom is -0.494 e. The summed E-state index contributed by atoms with van der Waals surface area (Å²) in [5, 5.41) is 9.03. The van der Waals surface area contributed by atoms with Crippen molar-refractivity contribution in [3.63, 3.8) is 0 Å². The van der Waals surface area contributed by atoms with E-state index >= 15 is 0 Å². The Morgan fingerprint density at radius 3 is 2.32 bits per heavy atom. The summed E-state index contributed by atoms with van der Waals surface area (Å²) in [5.41, 5.74) is 0.448. The summed E-state index contributed by atoms with van der Waals surface area (Å²) in [7, 11) is 0. The quantitative estimate of drug-likeness (QED) is 0.576. The van der Waals surface area contributed by atoms with Gasteiger partial charge in [-0.3, -0.25) is 4.79 Å². The van der Waals surface area contributed by atoms with Gasteiger partial charge in [0.1, 0.15) is 11.7 Å². The molecule has 19 heavy (non-hydrogen) atoms. The number of nitrogens with zero attached hydrogens (tertiary/aromatic N) is 1. The molecule has 0 saturated heterocycles. The maximum atomic E-state index is 11.7. The van der Waals surface area contributed by atoms with Crippen LogP contribution in [0.3, 0.4) is 0 Å². The van der Waals surface area contributed by atoms with Crippen LogP contribution in [0.15, 0.2) is 24.3 Å². The Morgan fingerprint density at radius 2 is 1.84 bits per heavy atom. The molecule has 1 aromatic carbocycles. The summed E-state index contributed by atoms with van der Waals surface area (Å²) in [6.45, 7) is 4.09. The molecule has 1 rings (SSSR count). The number of ketones is 1. The van der Waals surface area contributed by atoms with E-state index in [9.17, 15) is 9.59 Å². The average molecular weight is 261 g/mol. The van der Waals surface area contributed by atoms with Gasteiger partial charge in [-0.25, -0.2) is 4.79 Å². The zero-order valence-corrected chi connectivity index (χ0v) is 10.9. The molecule has 0 aromatic heterocycles. The Hall–Kier alpha value is -2.35. The Morgan fingerprint density at radius 1 is 1.21 bits per heavy atom. The molecule has 0 heterocycles. The third kappa shape index (κ3) is 3.81. The smallest absolute Gasteiger partial charge is 0.376 e. The number of esters is 1. The molecule has 5 heteroatoms. The first kappa shape index (κ1) is 14.7. The Balaban J connectivity index is 2.88. The fourth-order valence-corrected chi connectivity index (χ4v) is 1.53. The molecule has 0 amide bonds. The van der Waals surface area contributed by atoms with Crippen molar-refractivity contribution < 1.29 is 19.1 Å². The summed E-state index contributed by atoms with van der Waals surface area (Å²) >= 11 is 0. The lowest BCUT2D eigenvalue weighted by Gasteiger charge is -2.09. The molecule has 0 aliphatic carbocycles. The lowest BCUT2D eigenvalue weighted by atomic mass is 9.96. The molecular weight excluding hydrogens is 246 g/mol. The molecule has 1 aromatic rings. The molecular formula is C14H15NO4. The van der Waals surface area contributed by atoms with Crippen LogP contribution < -0.4 is 4.74 Å². The molecule has 0 bridgehead atoms. The largest absolute Gasteiger partial charge is 0.494 e. The van der Waals surface area contributed by atoms with Crippen molar-refractivity contribution in [1.82, 2.24) is 0 Å². The second kappa shape index (κ2) is 7.17. The van der Waals surface area contributed by atoms with Gasteiger partial charge in [0.15, 0.2) is 0 Å².